The third kappa shape index (κ3) is 2.35. The number of fused-ring (bicyclic) bond motifs is 1. The Bertz CT molecular complexity index is 403. The second-order valence-corrected chi connectivity index (χ2v) is 7.38. The first-order valence-corrected chi connectivity index (χ1v) is 7.37. The van der Waals surface area contributed by atoms with Gasteiger partial charge in [0.05, 0.1) is 19.0 Å². The molecule has 1 N–H and O–H groups in total. The van der Waals surface area contributed by atoms with Crippen molar-refractivity contribution in [1.29, 1.82) is 0 Å². The quantitative estimate of drug-likeness (QED) is 0.602. The van der Waals surface area contributed by atoms with Gasteiger partial charge in [-0.05, 0) is 43.1 Å². The summed E-state index contributed by atoms with van der Waals surface area (Å²) in [5.74, 6) is 0.125. The fourth-order valence-corrected chi connectivity index (χ4v) is 4.47. The van der Waals surface area contributed by atoms with E-state index < -0.39 is 5.60 Å². The second-order valence-electron chi connectivity index (χ2n) is 7.38. The fraction of sp³-hybridized carbons (Fsp3) is 0.765. The minimum Gasteiger partial charge on any atom is -0.505 e. The van der Waals surface area contributed by atoms with Crippen LogP contribution in [0.1, 0.15) is 53.4 Å². The minimum absolute atomic E-state index is 0.0541. The van der Waals surface area contributed by atoms with Gasteiger partial charge in [0, 0.05) is 5.92 Å². The molecule has 2 aliphatic carbocycles. The van der Waals surface area contributed by atoms with Crippen molar-refractivity contribution in [2.75, 3.05) is 7.11 Å². The first-order valence-electron chi connectivity index (χ1n) is 7.37. The van der Waals surface area contributed by atoms with Crippen LogP contribution in [0.2, 0.25) is 0 Å². The summed E-state index contributed by atoms with van der Waals surface area (Å²) in [6.07, 6.45) is 10.5. The van der Waals surface area contributed by atoms with Crippen LogP contribution >= 0.6 is 0 Å². The summed E-state index contributed by atoms with van der Waals surface area (Å²) in [6.45, 7) is 8.95. The van der Waals surface area contributed by atoms with Gasteiger partial charge < -0.3 is 9.84 Å². The summed E-state index contributed by atoms with van der Waals surface area (Å²) in [5.41, 5.74) is 1.16. The van der Waals surface area contributed by atoms with Crippen LogP contribution in [0, 0.1) is 16.7 Å². The van der Waals surface area contributed by atoms with Gasteiger partial charge in [0.1, 0.15) is 0 Å². The molecule has 0 radical (unpaired) electrons. The van der Waals surface area contributed by atoms with Crippen molar-refractivity contribution in [1.82, 2.24) is 0 Å². The number of hydrogen-bond acceptors (Lipinski definition) is 2. The lowest BCUT2D eigenvalue weighted by Crippen LogP contribution is -2.51. The summed E-state index contributed by atoms with van der Waals surface area (Å²) in [4.78, 5) is 0. The normalized spacial score (nSPS) is 41.8. The van der Waals surface area contributed by atoms with Crippen LogP contribution in [-0.4, -0.2) is 17.8 Å². The van der Waals surface area contributed by atoms with Crippen molar-refractivity contribution in [2.45, 2.75) is 59.0 Å². The molecule has 2 aliphatic rings. The number of allylic oxidation sites excluding steroid dienone is 1. The zero-order valence-electron chi connectivity index (χ0n) is 13.0. The molecule has 2 rings (SSSR count). The van der Waals surface area contributed by atoms with Crippen molar-refractivity contribution in [3.8, 4) is 0 Å². The first kappa shape index (κ1) is 14.6. The summed E-state index contributed by atoms with van der Waals surface area (Å²) < 4.78 is 5.10. The molecule has 0 aromatic rings. The van der Waals surface area contributed by atoms with Crippen LogP contribution < -0.4 is 0 Å². The van der Waals surface area contributed by atoms with Gasteiger partial charge in [-0.15, -0.1) is 0 Å². The third-order valence-electron chi connectivity index (χ3n) is 5.33. The van der Waals surface area contributed by atoms with Gasteiger partial charge in [-0.25, -0.2) is 0 Å². The van der Waals surface area contributed by atoms with Gasteiger partial charge >= 0.3 is 0 Å². The molecule has 0 amide bonds. The molecular weight excluding hydrogens is 236 g/mol. The van der Waals surface area contributed by atoms with E-state index in [1.165, 1.54) is 18.4 Å². The Labute approximate surface area is 117 Å². The first-order chi connectivity index (χ1) is 8.74. The second kappa shape index (κ2) is 4.66. The predicted octanol–water partition coefficient (Wildman–Crippen LogP) is 4.06. The van der Waals surface area contributed by atoms with E-state index in [-0.39, 0.29) is 16.7 Å². The van der Waals surface area contributed by atoms with Gasteiger partial charge in [0.2, 0.25) is 0 Å². The highest BCUT2D eigenvalue weighted by molar-refractivity contribution is 5.32. The zero-order valence-corrected chi connectivity index (χ0v) is 13.0. The standard InChI is InChI=1S/C17H28O2/c1-15(2)9-6-10-16(3)13(15)7-11-17(4,18)14(16)8-12-19-5/h7-8,12,14,18H,6,9-11H2,1-5H3/b12-8+/t14-,16+,17-/m1/s1. The topological polar surface area (TPSA) is 29.5 Å². The molecule has 0 aromatic heterocycles. The lowest BCUT2D eigenvalue weighted by Gasteiger charge is -2.55. The van der Waals surface area contributed by atoms with Crippen molar-refractivity contribution in [3.05, 3.63) is 24.0 Å². The maximum absolute atomic E-state index is 10.8. The van der Waals surface area contributed by atoms with Gasteiger partial charge in [0.15, 0.2) is 0 Å². The van der Waals surface area contributed by atoms with E-state index in [0.717, 1.165) is 12.8 Å². The minimum atomic E-state index is -0.680. The molecule has 0 aliphatic heterocycles. The molecule has 0 saturated heterocycles. The van der Waals surface area contributed by atoms with Crippen LogP contribution in [-0.2, 0) is 4.74 Å². The van der Waals surface area contributed by atoms with Gasteiger partial charge in [-0.2, -0.15) is 0 Å². The summed E-state index contributed by atoms with van der Waals surface area (Å²) in [6, 6.07) is 0. The molecule has 2 heteroatoms. The molecule has 1 saturated carbocycles. The Hall–Kier alpha value is -0.760. The number of aliphatic hydroxyl groups is 1. The summed E-state index contributed by atoms with van der Waals surface area (Å²) >= 11 is 0. The molecule has 3 atom stereocenters. The van der Waals surface area contributed by atoms with Crippen LogP contribution in [0.5, 0.6) is 0 Å². The highest BCUT2D eigenvalue weighted by Crippen LogP contribution is 2.59. The molecule has 108 valence electrons. The predicted molar refractivity (Wildman–Crippen MR) is 78.7 cm³/mol. The third-order valence-corrected chi connectivity index (χ3v) is 5.33. The Morgan fingerprint density at radius 1 is 1.26 bits per heavy atom. The number of hydrogen-bond donors (Lipinski definition) is 1. The largest absolute Gasteiger partial charge is 0.505 e. The molecule has 0 bridgehead atoms. The van der Waals surface area contributed by atoms with Crippen LogP contribution in [0.4, 0.5) is 0 Å². The van der Waals surface area contributed by atoms with Crippen LogP contribution in [0.25, 0.3) is 0 Å². The Balaban J connectivity index is 2.47. The van der Waals surface area contributed by atoms with Crippen molar-refractivity contribution < 1.29 is 9.84 Å². The Kier molecular flexibility index (Phi) is 3.59. The SMILES string of the molecule is CO/C=C/[C@@H]1[C@@]2(C)CCCC(C)(C)C2=CC[C@@]1(C)O. The fourth-order valence-electron chi connectivity index (χ4n) is 4.47. The van der Waals surface area contributed by atoms with Gasteiger partial charge in [-0.1, -0.05) is 38.8 Å². The highest BCUT2D eigenvalue weighted by Gasteiger charge is 2.53. The molecule has 1 fully saturated rings. The number of methoxy groups -OCH3 is 1. The number of ether oxygens (including phenoxy) is 1. The van der Waals surface area contributed by atoms with E-state index in [0.29, 0.717) is 0 Å². The molecule has 19 heavy (non-hydrogen) atoms. The van der Waals surface area contributed by atoms with E-state index in [9.17, 15) is 5.11 Å². The molecule has 2 nitrogen and oxygen atoms in total. The van der Waals surface area contributed by atoms with E-state index in [1.54, 1.807) is 13.4 Å². The average Bonchev–Trinajstić information content (AvgIpc) is 2.26. The number of rotatable bonds is 2. The maximum Gasteiger partial charge on any atom is 0.0788 e. The van der Waals surface area contributed by atoms with Crippen molar-refractivity contribution >= 4 is 0 Å². The van der Waals surface area contributed by atoms with E-state index in [2.05, 4.69) is 32.9 Å². The van der Waals surface area contributed by atoms with E-state index in [4.69, 9.17) is 4.74 Å². The summed E-state index contributed by atoms with van der Waals surface area (Å²) in [7, 11) is 1.66. The molecule has 0 spiro atoms. The van der Waals surface area contributed by atoms with E-state index in [1.807, 2.05) is 6.92 Å². The smallest absolute Gasteiger partial charge is 0.0788 e. The van der Waals surface area contributed by atoms with Crippen LogP contribution in [0.15, 0.2) is 24.0 Å². The van der Waals surface area contributed by atoms with Gasteiger partial charge in [-0.3, -0.25) is 0 Å². The molecule has 0 heterocycles. The Morgan fingerprint density at radius 3 is 2.58 bits per heavy atom. The van der Waals surface area contributed by atoms with Gasteiger partial charge in [0.25, 0.3) is 0 Å². The average molecular weight is 264 g/mol. The molecular formula is C17H28O2. The molecule has 0 unspecified atom stereocenters. The summed E-state index contributed by atoms with van der Waals surface area (Å²) in [5, 5.41) is 10.8. The lowest BCUT2D eigenvalue weighted by atomic mass is 9.50. The highest BCUT2D eigenvalue weighted by atomic mass is 16.5. The zero-order chi connectivity index (χ0) is 14.3. The Morgan fingerprint density at radius 2 is 1.95 bits per heavy atom. The van der Waals surface area contributed by atoms with Crippen molar-refractivity contribution in [3.63, 3.8) is 0 Å². The van der Waals surface area contributed by atoms with Crippen molar-refractivity contribution in [2.24, 2.45) is 16.7 Å². The van der Waals surface area contributed by atoms with E-state index >= 15 is 0 Å². The monoisotopic (exact) mass is 264 g/mol. The van der Waals surface area contributed by atoms with Crippen LogP contribution in [0.3, 0.4) is 0 Å². The lowest BCUT2D eigenvalue weighted by molar-refractivity contribution is -0.0488. The molecule has 0 aromatic carbocycles. The maximum atomic E-state index is 10.8.